The van der Waals surface area contributed by atoms with Gasteiger partial charge in [-0.25, -0.2) is 4.79 Å². The van der Waals surface area contributed by atoms with Crippen LogP contribution in [0.1, 0.15) is 52.9 Å². The average Bonchev–Trinajstić information content (AvgIpc) is 3.32. The lowest BCUT2D eigenvalue weighted by molar-refractivity contribution is -0.137. The zero-order valence-corrected chi connectivity index (χ0v) is 21.2. The maximum Gasteiger partial charge on any atom is 0.416 e. The molecule has 3 aromatic rings. The third kappa shape index (κ3) is 6.38. The zero-order valence-electron chi connectivity index (χ0n) is 21.2. The van der Waals surface area contributed by atoms with Gasteiger partial charge in [0.1, 0.15) is 5.76 Å². The summed E-state index contributed by atoms with van der Waals surface area (Å²) in [5, 5.41) is 9.18. The van der Waals surface area contributed by atoms with Crippen molar-refractivity contribution in [3.05, 3.63) is 100 Å². The lowest BCUT2D eigenvalue weighted by atomic mass is 9.92. The van der Waals surface area contributed by atoms with Crippen molar-refractivity contribution in [2.75, 3.05) is 11.9 Å². The molecule has 10 heteroatoms. The summed E-state index contributed by atoms with van der Waals surface area (Å²) < 4.78 is 45.4. The number of aromatic carboxylic acids is 1. The van der Waals surface area contributed by atoms with Crippen LogP contribution in [0.25, 0.3) is 0 Å². The van der Waals surface area contributed by atoms with Gasteiger partial charge in [-0.2, -0.15) is 13.2 Å². The molecule has 0 spiro atoms. The molecular formula is C28H27F3N2O5. The summed E-state index contributed by atoms with van der Waals surface area (Å²) in [6.45, 7) is 4.81. The molecule has 0 aliphatic heterocycles. The predicted octanol–water partition coefficient (Wildman–Crippen LogP) is 6.00. The van der Waals surface area contributed by atoms with Gasteiger partial charge in [-0.05, 0) is 63.7 Å². The first-order valence-corrected chi connectivity index (χ1v) is 11.6. The summed E-state index contributed by atoms with van der Waals surface area (Å²) in [4.78, 5) is 39.3. The highest BCUT2D eigenvalue weighted by Crippen LogP contribution is 2.36. The Bertz CT molecular complexity index is 1360. The van der Waals surface area contributed by atoms with Gasteiger partial charge in [0.15, 0.2) is 5.78 Å². The average molecular weight is 529 g/mol. The number of nitrogens with zero attached hydrogens (tertiary/aromatic N) is 2. The van der Waals surface area contributed by atoms with Crippen molar-refractivity contribution in [2.45, 2.75) is 39.5 Å². The summed E-state index contributed by atoms with van der Waals surface area (Å²) in [5.41, 5.74) is 0.992. The molecule has 1 amide bonds. The first-order chi connectivity index (χ1) is 17.8. The van der Waals surface area contributed by atoms with E-state index in [0.29, 0.717) is 17.7 Å². The number of carbonyl (C=O) groups is 3. The van der Waals surface area contributed by atoms with Crippen molar-refractivity contribution in [3.63, 3.8) is 0 Å². The van der Waals surface area contributed by atoms with Gasteiger partial charge < -0.3 is 9.52 Å². The number of anilines is 1. The van der Waals surface area contributed by atoms with Crippen molar-refractivity contribution in [1.29, 1.82) is 0 Å². The second-order valence-electron chi connectivity index (χ2n) is 8.88. The standard InChI is InChI=1S/C28H27F3N2O5/c1-17-8-10-20(11-9-17)26(32(4)15-23-12-13-24(38-23)27(36)37)25(19(3)35)18(2)33(16-34)22-7-5-6-21(14-22)28(29,30)31/h5-14,16,26H,15H2,1-4H3,(H,36,37)/b25-18-. The fourth-order valence-electron chi connectivity index (χ4n) is 4.25. The number of benzene rings is 2. The number of alkyl halides is 3. The number of halogens is 3. The number of likely N-dealkylation sites (N-methyl/N-ethyl adjacent to an activating group) is 1. The van der Waals surface area contributed by atoms with E-state index >= 15 is 0 Å². The van der Waals surface area contributed by atoms with Crippen LogP contribution in [-0.2, 0) is 22.3 Å². The third-order valence-electron chi connectivity index (χ3n) is 6.07. The Morgan fingerprint density at radius 2 is 1.71 bits per heavy atom. The summed E-state index contributed by atoms with van der Waals surface area (Å²) >= 11 is 0. The fourth-order valence-corrected chi connectivity index (χ4v) is 4.25. The van der Waals surface area contributed by atoms with Crippen LogP contribution in [0.3, 0.4) is 0 Å². The van der Waals surface area contributed by atoms with E-state index < -0.39 is 29.5 Å². The second-order valence-corrected chi connectivity index (χ2v) is 8.88. The van der Waals surface area contributed by atoms with E-state index in [1.54, 1.807) is 11.9 Å². The summed E-state index contributed by atoms with van der Waals surface area (Å²) in [7, 11) is 1.69. The van der Waals surface area contributed by atoms with E-state index in [4.69, 9.17) is 4.42 Å². The molecule has 1 unspecified atom stereocenters. The topological polar surface area (TPSA) is 91.1 Å². The highest BCUT2D eigenvalue weighted by molar-refractivity contribution is 5.97. The molecule has 7 nitrogen and oxygen atoms in total. The highest BCUT2D eigenvalue weighted by Gasteiger charge is 2.32. The van der Waals surface area contributed by atoms with Crippen LogP contribution in [0.5, 0.6) is 0 Å². The Morgan fingerprint density at radius 3 is 2.24 bits per heavy atom. The Kier molecular flexibility index (Phi) is 8.57. The number of carboxylic acids is 1. The monoisotopic (exact) mass is 528 g/mol. The highest BCUT2D eigenvalue weighted by atomic mass is 19.4. The van der Waals surface area contributed by atoms with Crippen LogP contribution in [-0.4, -0.2) is 35.2 Å². The minimum Gasteiger partial charge on any atom is -0.475 e. The van der Waals surface area contributed by atoms with E-state index in [2.05, 4.69) is 0 Å². The third-order valence-corrected chi connectivity index (χ3v) is 6.07. The van der Waals surface area contributed by atoms with Gasteiger partial charge in [-0.15, -0.1) is 0 Å². The molecule has 0 aliphatic carbocycles. The van der Waals surface area contributed by atoms with E-state index in [0.717, 1.165) is 22.6 Å². The number of carbonyl (C=O) groups excluding carboxylic acids is 2. The minimum absolute atomic E-state index is 0.0477. The van der Waals surface area contributed by atoms with Crippen molar-refractivity contribution in [2.24, 2.45) is 0 Å². The normalized spacial score (nSPS) is 13.2. The molecule has 2 aromatic carbocycles. The quantitative estimate of drug-likeness (QED) is 0.256. The Morgan fingerprint density at radius 1 is 1.05 bits per heavy atom. The van der Waals surface area contributed by atoms with E-state index in [9.17, 15) is 32.7 Å². The molecule has 0 fully saturated rings. The molecule has 0 saturated heterocycles. The second kappa shape index (κ2) is 11.5. The van der Waals surface area contributed by atoms with Crippen molar-refractivity contribution in [3.8, 4) is 0 Å². The number of hydrogen-bond donors (Lipinski definition) is 1. The SMILES string of the molecule is CC(=O)/C(=C(\C)N(C=O)c1cccc(C(F)(F)F)c1)C(c1ccc(C)cc1)N(C)Cc1ccc(C(=O)O)o1. The van der Waals surface area contributed by atoms with Gasteiger partial charge in [-0.3, -0.25) is 19.4 Å². The van der Waals surface area contributed by atoms with Crippen LogP contribution in [0.4, 0.5) is 18.9 Å². The molecule has 0 bridgehead atoms. The molecular weight excluding hydrogens is 501 g/mol. The van der Waals surface area contributed by atoms with Crippen LogP contribution in [0, 0.1) is 6.92 Å². The van der Waals surface area contributed by atoms with Gasteiger partial charge in [0, 0.05) is 17.0 Å². The van der Waals surface area contributed by atoms with E-state index in [1.807, 2.05) is 31.2 Å². The Labute approximate surface area is 217 Å². The molecule has 1 N–H and O–H groups in total. The maximum absolute atomic E-state index is 13.3. The molecule has 1 heterocycles. The van der Waals surface area contributed by atoms with Gasteiger partial charge in [0.25, 0.3) is 0 Å². The van der Waals surface area contributed by atoms with Gasteiger partial charge >= 0.3 is 12.1 Å². The molecule has 38 heavy (non-hydrogen) atoms. The number of ketones is 1. The largest absolute Gasteiger partial charge is 0.475 e. The number of hydrogen-bond acceptors (Lipinski definition) is 5. The molecule has 3 rings (SSSR count). The zero-order chi connectivity index (χ0) is 28.2. The van der Waals surface area contributed by atoms with E-state index in [1.165, 1.54) is 38.1 Å². The predicted molar refractivity (Wildman–Crippen MR) is 134 cm³/mol. The molecule has 0 saturated carbocycles. The first-order valence-electron chi connectivity index (χ1n) is 11.6. The smallest absolute Gasteiger partial charge is 0.416 e. The van der Waals surface area contributed by atoms with Gasteiger partial charge in [0.2, 0.25) is 12.2 Å². The summed E-state index contributed by atoms with van der Waals surface area (Å²) in [6, 6.07) is 13.7. The number of Topliss-reactive ketones (excluding diaryl/α,β-unsaturated/α-hetero) is 1. The van der Waals surface area contributed by atoms with Gasteiger partial charge in [-0.1, -0.05) is 35.9 Å². The molecule has 0 radical (unpaired) electrons. The Balaban J connectivity index is 2.15. The number of amides is 1. The summed E-state index contributed by atoms with van der Waals surface area (Å²) in [6.07, 6.45) is -4.25. The van der Waals surface area contributed by atoms with Gasteiger partial charge in [0.05, 0.1) is 18.2 Å². The Hall–Kier alpha value is -4.18. The van der Waals surface area contributed by atoms with Crippen molar-refractivity contribution < 1.29 is 37.1 Å². The molecule has 1 atom stereocenters. The summed E-state index contributed by atoms with van der Waals surface area (Å²) in [5.74, 6) is -1.54. The first kappa shape index (κ1) is 28.4. The van der Waals surface area contributed by atoms with Crippen LogP contribution in [0.2, 0.25) is 0 Å². The van der Waals surface area contributed by atoms with Crippen LogP contribution in [0.15, 0.2) is 76.4 Å². The molecule has 0 aliphatic rings. The van der Waals surface area contributed by atoms with E-state index in [-0.39, 0.29) is 29.3 Å². The number of furan rings is 1. The van der Waals surface area contributed by atoms with Crippen LogP contribution >= 0.6 is 0 Å². The lowest BCUT2D eigenvalue weighted by Crippen LogP contribution is -2.32. The maximum atomic E-state index is 13.3. The number of allylic oxidation sites excluding steroid dienone is 1. The minimum atomic E-state index is -4.62. The molecule has 1 aromatic heterocycles. The molecule has 200 valence electrons. The number of rotatable bonds is 10. The number of aryl methyl sites for hydroxylation is 1. The van der Waals surface area contributed by atoms with Crippen LogP contribution < -0.4 is 4.90 Å². The van der Waals surface area contributed by atoms with Crippen molar-refractivity contribution in [1.82, 2.24) is 4.90 Å². The lowest BCUT2D eigenvalue weighted by Gasteiger charge is -2.32. The number of carboxylic acid groups (broad SMARTS) is 1. The fraction of sp³-hybridized carbons (Fsp3) is 0.250. The van der Waals surface area contributed by atoms with Crippen molar-refractivity contribution >= 4 is 23.9 Å².